The highest BCUT2D eigenvalue weighted by Crippen LogP contribution is 2.25. The first kappa shape index (κ1) is 10.2. The Kier molecular flexibility index (Phi) is 2.75. The molecule has 2 aromatic rings. The van der Waals surface area contributed by atoms with Gasteiger partial charge in [0.05, 0.1) is 0 Å². The number of aromatic nitrogens is 1. The molecule has 0 radical (unpaired) electrons. The average molecular weight is 203 g/mol. The van der Waals surface area contributed by atoms with Crippen LogP contribution in [0.15, 0.2) is 24.4 Å². The van der Waals surface area contributed by atoms with Crippen LogP contribution in [0.25, 0.3) is 10.9 Å². The van der Waals surface area contributed by atoms with Gasteiger partial charge in [0.25, 0.3) is 0 Å². The van der Waals surface area contributed by atoms with Crippen molar-refractivity contribution in [2.45, 2.75) is 19.4 Å². The van der Waals surface area contributed by atoms with Crippen molar-refractivity contribution in [1.29, 1.82) is 0 Å². The molecular weight excluding hydrogens is 186 g/mol. The van der Waals surface area contributed by atoms with Gasteiger partial charge in [-0.05, 0) is 17.5 Å². The minimum Gasteiger partial charge on any atom is -0.361 e. The molecule has 0 spiro atoms. The van der Waals surface area contributed by atoms with Crippen LogP contribution in [0.3, 0.4) is 0 Å². The summed E-state index contributed by atoms with van der Waals surface area (Å²) in [7, 11) is 0. The van der Waals surface area contributed by atoms with Crippen molar-refractivity contribution in [2.75, 3.05) is 6.54 Å². The Labute approximate surface area is 89.5 Å². The van der Waals surface area contributed by atoms with E-state index in [1.807, 2.05) is 6.20 Å². The molecule has 0 aliphatic rings. The first-order valence-electron chi connectivity index (χ1n) is 5.32. The Morgan fingerprint density at radius 2 is 2.20 bits per heavy atom. The number of nitrogens with two attached hydrogens (primary N) is 2. The van der Waals surface area contributed by atoms with Crippen LogP contribution >= 0.6 is 0 Å². The summed E-state index contributed by atoms with van der Waals surface area (Å²) >= 11 is 0. The lowest BCUT2D eigenvalue weighted by molar-refractivity contribution is 0.743. The molecule has 1 heterocycles. The van der Waals surface area contributed by atoms with Crippen LogP contribution in [0.1, 0.15) is 24.1 Å². The molecule has 0 aliphatic carbocycles. The molecule has 15 heavy (non-hydrogen) atoms. The second-order valence-corrected chi connectivity index (χ2v) is 3.78. The van der Waals surface area contributed by atoms with E-state index in [0.717, 1.165) is 12.0 Å². The lowest BCUT2D eigenvalue weighted by Gasteiger charge is -2.07. The number of aromatic amines is 1. The van der Waals surface area contributed by atoms with Crippen LogP contribution in [0.5, 0.6) is 0 Å². The smallest absolute Gasteiger partial charge is 0.0489 e. The number of aryl methyl sites for hydroxylation is 1. The van der Waals surface area contributed by atoms with Crippen molar-refractivity contribution in [3.8, 4) is 0 Å². The van der Waals surface area contributed by atoms with Gasteiger partial charge in [0, 0.05) is 29.7 Å². The second-order valence-electron chi connectivity index (χ2n) is 3.78. The summed E-state index contributed by atoms with van der Waals surface area (Å²) in [6, 6.07) is 6.22. The summed E-state index contributed by atoms with van der Waals surface area (Å²) in [6.07, 6.45) is 3.00. The molecule has 3 heteroatoms. The van der Waals surface area contributed by atoms with Crippen molar-refractivity contribution >= 4 is 10.9 Å². The molecule has 80 valence electrons. The lowest BCUT2D eigenvalue weighted by Crippen LogP contribution is -2.20. The quantitative estimate of drug-likeness (QED) is 0.710. The van der Waals surface area contributed by atoms with Crippen LogP contribution in [-0.4, -0.2) is 11.5 Å². The van der Waals surface area contributed by atoms with Gasteiger partial charge >= 0.3 is 0 Å². The zero-order valence-corrected chi connectivity index (χ0v) is 8.96. The monoisotopic (exact) mass is 203 g/mol. The van der Waals surface area contributed by atoms with Crippen molar-refractivity contribution in [2.24, 2.45) is 11.5 Å². The SMILES string of the molecule is CCc1cccc2c([C@H](N)CN)c[nH]c12. The first-order chi connectivity index (χ1) is 7.27. The standard InChI is InChI=1S/C12H17N3/c1-2-8-4-3-5-9-10(11(14)6-13)7-15-12(8)9/h3-5,7,11,15H,2,6,13-14H2,1H3/t11-/m1/s1. The Bertz CT molecular complexity index is 459. The summed E-state index contributed by atoms with van der Waals surface area (Å²) < 4.78 is 0. The zero-order chi connectivity index (χ0) is 10.8. The third-order valence-electron chi connectivity index (χ3n) is 2.87. The third kappa shape index (κ3) is 1.64. The number of benzene rings is 1. The van der Waals surface area contributed by atoms with E-state index in [0.29, 0.717) is 6.54 Å². The van der Waals surface area contributed by atoms with Crippen LogP contribution in [0, 0.1) is 0 Å². The summed E-state index contributed by atoms with van der Waals surface area (Å²) in [5, 5.41) is 1.20. The zero-order valence-electron chi connectivity index (χ0n) is 8.96. The number of hydrogen-bond acceptors (Lipinski definition) is 2. The summed E-state index contributed by atoms with van der Waals surface area (Å²) in [5.41, 5.74) is 15.2. The van der Waals surface area contributed by atoms with E-state index >= 15 is 0 Å². The lowest BCUT2D eigenvalue weighted by atomic mass is 10.0. The van der Waals surface area contributed by atoms with Crippen LogP contribution in [0.2, 0.25) is 0 Å². The molecule has 3 nitrogen and oxygen atoms in total. The van der Waals surface area contributed by atoms with Crippen LogP contribution in [0.4, 0.5) is 0 Å². The molecule has 0 saturated carbocycles. The van der Waals surface area contributed by atoms with Crippen molar-refractivity contribution in [3.05, 3.63) is 35.5 Å². The van der Waals surface area contributed by atoms with Gasteiger partial charge in [-0.3, -0.25) is 0 Å². The fourth-order valence-corrected chi connectivity index (χ4v) is 1.97. The highest BCUT2D eigenvalue weighted by molar-refractivity contribution is 5.86. The van der Waals surface area contributed by atoms with E-state index in [-0.39, 0.29) is 6.04 Å². The largest absolute Gasteiger partial charge is 0.361 e. The van der Waals surface area contributed by atoms with E-state index in [2.05, 4.69) is 30.1 Å². The van der Waals surface area contributed by atoms with Crippen LogP contribution < -0.4 is 11.5 Å². The molecule has 0 bridgehead atoms. The molecule has 0 amide bonds. The summed E-state index contributed by atoms with van der Waals surface area (Å²) in [6.45, 7) is 2.63. The van der Waals surface area contributed by atoms with Crippen molar-refractivity contribution in [1.82, 2.24) is 4.98 Å². The number of fused-ring (bicyclic) bond motifs is 1. The van der Waals surface area contributed by atoms with E-state index in [1.54, 1.807) is 0 Å². The average Bonchev–Trinajstić information content (AvgIpc) is 2.71. The van der Waals surface area contributed by atoms with Crippen molar-refractivity contribution in [3.63, 3.8) is 0 Å². The van der Waals surface area contributed by atoms with Gasteiger partial charge in [0.1, 0.15) is 0 Å². The predicted octanol–water partition coefficient (Wildman–Crippen LogP) is 1.69. The van der Waals surface area contributed by atoms with E-state index in [9.17, 15) is 0 Å². The second kappa shape index (κ2) is 4.04. The molecule has 0 saturated heterocycles. The normalized spacial score (nSPS) is 13.3. The van der Waals surface area contributed by atoms with Gasteiger partial charge in [-0.1, -0.05) is 25.1 Å². The molecule has 1 aromatic carbocycles. The van der Waals surface area contributed by atoms with Gasteiger partial charge in [-0.2, -0.15) is 0 Å². The van der Waals surface area contributed by atoms with Gasteiger partial charge in [0.2, 0.25) is 0 Å². The van der Waals surface area contributed by atoms with E-state index in [1.165, 1.54) is 16.5 Å². The fourth-order valence-electron chi connectivity index (χ4n) is 1.97. The predicted molar refractivity (Wildman–Crippen MR) is 63.7 cm³/mol. The first-order valence-corrected chi connectivity index (χ1v) is 5.32. The van der Waals surface area contributed by atoms with Crippen LogP contribution in [-0.2, 0) is 6.42 Å². The number of para-hydroxylation sites is 1. The molecule has 5 N–H and O–H groups in total. The fraction of sp³-hybridized carbons (Fsp3) is 0.333. The Balaban J connectivity index is 2.60. The maximum absolute atomic E-state index is 5.95. The highest BCUT2D eigenvalue weighted by atomic mass is 14.8. The third-order valence-corrected chi connectivity index (χ3v) is 2.87. The number of hydrogen-bond donors (Lipinski definition) is 3. The minimum atomic E-state index is -0.0779. The van der Waals surface area contributed by atoms with E-state index in [4.69, 9.17) is 11.5 Å². The molecule has 0 fully saturated rings. The molecule has 1 aromatic heterocycles. The Morgan fingerprint density at radius 3 is 2.87 bits per heavy atom. The number of H-pyrrole nitrogens is 1. The minimum absolute atomic E-state index is 0.0779. The topological polar surface area (TPSA) is 67.8 Å². The van der Waals surface area contributed by atoms with Gasteiger partial charge in [0.15, 0.2) is 0 Å². The number of nitrogens with one attached hydrogen (secondary N) is 1. The summed E-state index contributed by atoms with van der Waals surface area (Å²) in [5.74, 6) is 0. The van der Waals surface area contributed by atoms with Gasteiger partial charge < -0.3 is 16.5 Å². The van der Waals surface area contributed by atoms with E-state index < -0.39 is 0 Å². The van der Waals surface area contributed by atoms with Gasteiger partial charge in [-0.25, -0.2) is 0 Å². The molecule has 0 unspecified atom stereocenters. The van der Waals surface area contributed by atoms with Gasteiger partial charge in [-0.15, -0.1) is 0 Å². The maximum Gasteiger partial charge on any atom is 0.0489 e. The Morgan fingerprint density at radius 1 is 1.40 bits per heavy atom. The highest BCUT2D eigenvalue weighted by Gasteiger charge is 2.11. The Hall–Kier alpha value is -1.32. The molecule has 1 atom stereocenters. The molecular formula is C12H17N3. The maximum atomic E-state index is 5.95. The number of rotatable bonds is 3. The molecule has 2 rings (SSSR count). The summed E-state index contributed by atoms with van der Waals surface area (Å²) in [4.78, 5) is 3.29. The van der Waals surface area contributed by atoms with Crippen molar-refractivity contribution < 1.29 is 0 Å². The molecule has 0 aliphatic heterocycles.